The zero-order chi connectivity index (χ0) is 11.4. The molecule has 1 unspecified atom stereocenters. The average Bonchev–Trinajstić information content (AvgIpc) is 2.78. The van der Waals surface area contributed by atoms with Gasteiger partial charge in [-0.25, -0.2) is 4.98 Å². The van der Waals surface area contributed by atoms with E-state index >= 15 is 0 Å². The second-order valence-electron chi connectivity index (χ2n) is 3.96. The highest BCUT2D eigenvalue weighted by atomic mass is 35.5. The molecule has 0 saturated carbocycles. The Morgan fingerprint density at radius 3 is 2.75 bits per heavy atom. The molecule has 16 heavy (non-hydrogen) atoms. The Labute approximate surface area is 101 Å². The van der Waals surface area contributed by atoms with Crippen molar-refractivity contribution in [3.8, 4) is 0 Å². The van der Waals surface area contributed by atoms with Crippen molar-refractivity contribution < 1.29 is 0 Å². The third-order valence-corrected chi connectivity index (χ3v) is 3.01. The topological polar surface area (TPSA) is 17.8 Å². The summed E-state index contributed by atoms with van der Waals surface area (Å²) < 4.78 is 2.14. The van der Waals surface area contributed by atoms with Gasteiger partial charge in [0.2, 0.25) is 0 Å². The summed E-state index contributed by atoms with van der Waals surface area (Å²) in [5, 5.41) is 0. The molecule has 2 rings (SSSR count). The van der Waals surface area contributed by atoms with Crippen LogP contribution < -0.4 is 0 Å². The van der Waals surface area contributed by atoms with Gasteiger partial charge in [0.25, 0.3) is 0 Å². The highest BCUT2D eigenvalue weighted by Gasteiger charge is 2.09. The molecule has 0 amide bonds. The molecule has 0 fully saturated rings. The first kappa shape index (κ1) is 11.2. The molecule has 1 heterocycles. The summed E-state index contributed by atoms with van der Waals surface area (Å²) in [5.41, 5.74) is 2.41. The fourth-order valence-electron chi connectivity index (χ4n) is 1.89. The smallest absolute Gasteiger partial charge is 0.0951 e. The molecule has 3 heteroatoms. The minimum absolute atomic E-state index is 0.388. The highest BCUT2D eigenvalue weighted by Crippen LogP contribution is 2.16. The quantitative estimate of drug-likeness (QED) is 0.742. The largest absolute Gasteiger partial charge is 0.330 e. The van der Waals surface area contributed by atoms with E-state index < -0.39 is 0 Å². The number of hydrogen-bond acceptors (Lipinski definition) is 1. The molecular weight excluding hydrogens is 220 g/mol. The lowest BCUT2D eigenvalue weighted by atomic mass is 10.1. The van der Waals surface area contributed by atoms with Gasteiger partial charge >= 0.3 is 0 Å². The van der Waals surface area contributed by atoms with E-state index in [0.717, 1.165) is 12.1 Å². The Morgan fingerprint density at radius 2 is 2.06 bits per heavy atom. The first-order valence-electron chi connectivity index (χ1n) is 5.42. The Balaban J connectivity index is 2.11. The number of aromatic nitrogens is 2. The van der Waals surface area contributed by atoms with E-state index in [9.17, 15) is 0 Å². The summed E-state index contributed by atoms with van der Waals surface area (Å²) in [5.74, 6) is 0.513. The van der Waals surface area contributed by atoms with Crippen molar-refractivity contribution >= 4 is 11.6 Å². The van der Waals surface area contributed by atoms with Crippen LogP contribution in [0, 0.1) is 0 Å². The monoisotopic (exact) mass is 234 g/mol. The van der Waals surface area contributed by atoms with Gasteiger partial charge in [-0.1, -0.05) is 30.3 Å². The standard InChI is InChI=1S/C13H15ClN2/c1-11(7-12-5-3-2-4-6-12)16-10-15-9-13(16)8-14/h2-6,9-11H,7-8H2,1H3. The minimum atomic E-state index is 0.388. The van der Waals surface area contributed by atoms with Gasteiger partial charge < -0.3 is 4.57 Å². The van der Waals surface area contributed by atoms with E-state index in [1.807, 2.05) is 18.6 Å². The molecule has 0 aliphatic heterocycles. The average molecular weight is 235 g/mol. The summed E-state index contributed by atoms with van der Waals surface area (Å²) in [7, 11) is 0. The second-order valence-corrected chi connectivity index (χ2v) is 4.23. The number of benzene rings is 1. The fourth-order valence-corrected chi connectivity index (χ4v) is 2.09. The minimum Gasteiger partial charge on any atom is -0.330 e. The fraction of sp³-hybridized carbons (Fsp3) is 0.308. The van der Waals surface area contributed by atoms with Crippen molar-refractivity contribution in [2.24, 2.45) is 0 Å². The summed E-state index contributed by atoms with van der Waals surface area (Å²) in [4.78, 5) is 4.13. The molecular formula is C13H15ClN2. The lowest BCUT2D eigenvalue weighted by molar-refractivity contribution is 0.531. The zero-order valence-electron chi connectivity index (χ0n) is 9.31. The predicted octanol–water partition coefficient (Wildman–Crippen LogP) is 3.43. The van der Waals surface area contributed by atoms with Crippen molar-refractivity contribution in [2.75, 3.05) is 0 Å². The SMILES string of the molecule is CC(Cc1ccccc1)n1cncc1CCl. The maximum Gasteiger partial charge on any atom is 0.0951 e. The van der Waals surface area contributed by atoms with E-state index in [1.54, 1.807) is 0 Å². The third kappa shape index (κ3) is 2.45. The lowest BCUT2D eigenvalue weighted by Crippen LogP contribution is -2.09. The predicted molar refractivity (Wildman–Crippen MR) is 66.6 cm³/mol. The van der Waals surface area contributed by atoms with Gasteiger partial charge in [0.05, 0.1) is 17.9 Å². The highest BCUT2D eigenvalue weighted by molar-refractivity contribution is 6.16. The summed E-state index contributed by atoms with van der Waals surface area (Å²) in [6.07, 6.45) is 4.68. The maximum absolute atomic E-state index is 5.86. The van der Waals surface area contributed by atoms with Crippen LogP contribution in [0.1, 0.15) is 24.2 Å². The molecule has 1 aromatic heterocycles. The van der Waals surface area contributed by atoms with E-state index in [1.165, 1.54) is 5.56 Å². The molecule has 84 valence electrons. The number of nitrogens with zero attached hydrogens (tertiary/aromatic N) is 2. The van der Waals surface area contributed by atoms with Crippen molar-refractivity contribution in [3.63, 3.8) is 0 Å². The summed E-state index contributed by atoms with van der Waals surface area (Å²) in [6.45, 7) is 2.19. The molecule has 0 radical (unpaired) electrons. The van der Waals surface area contributed by atoms with Crippen LogP contribution in [0.25, 0.3) is 0 Å². The molecule has 1 atom stereocenters. The Bertz CT molecular complexity index is 436. The molecule has 0 N–H and O–H groups in total. The van der Waals surface area contributed by atoms with Gasteiger partial charge in [-0.15, -0.1) is 11.6 Å². The lowest BCUT2D eigenvalue weighted by Gasteiger charge is -2.15. The molecule has 0 aliphatic rings. The molecule has 2 aromatic rings. The van der Waals surface area contributed by atoms with Crippen LogP contribution in [0.3, 0.4) is 0 Å². The van der Waals surface area contributed by atoms with Gasteiger partial charge in [-0.05, 0) is 18.9 Å². The molecule has 0 saturated heterocycles. The molecule has 1 aromatic carbocycles. The van der Waals surface area contributed by atoms with Crippen LogP contribution in [0.15, 0.2) is 42.9 Å². The van der Waals surface area contributed by atoms with Crippen LogP contribution in [-0.2, 0) is 12.3 Å². The van der Waals surface area contributed by atoms with E-state index in [2.05, 4.69) is 40.7 Å². The molecule has 0 spiro atoms. The first-order valence-corrected chi connectivity index (χ1v) is 5.95. The number of halogens is 1. The normalized spacial score (nSPS) is 12.6. The van der Waals surface area contributed by atoms with Crippen LogP contribution in [-0.4, -0.2) is 9.55 Å². The van der Waals surface area contributed by atoms with Crippen molar-refractivity contribution in [1.82, 2.24) is 9.55 Å². The van der Waals surface area contributed by atoms with Crippen LogP contribution in [0.5, 0.6) is 0 Å². The summed E-state index contributed by atoms with van der Waals surface area (Å²) in [6, 6.07) is 10.9. The summed E-state index contributed by atoms with van der Waals surface area (Å²) >= 11 is 5.86. The Morgan fingerprint density at radius 1 is 1.31 bits per heavy atom. The van der Waals surface area contributed by atoms with Crippen LogP contribution >= 0.6 is 11.6 Å². The van der Waals surface area contributed by atoms with Gasteiger partial charge in [0, 0.05) is 12.2 Å². The third-order valence-electron chi connectivity index (χ3n) is 2.73. The second kappa shape index (κ2) is 5.17. The van der Waals surface area contributed by atoms with Gasteiger partial charge in [0.1, 0.15) is 0 Å². The van der Waals surface area contributed by atoms with Crippen molar-refractivity contribution in [3.05, 3.63) is 54.1 Å². The van der Waals surface area contributed by atoms with Crippen molar-refractivity contribution in [2.45, 2.75) is 25.3 Å². The van der Waals surface area contributed by atoms with Gasteiger partial charge in [-0.2, -0.15) is 0 Å². The van der Waals surface area contributed by atoms with Crippen LogP contribution in [0.2, 0.25) is 0 Å². The number of alkyl halides is 1. The van der Waals surface area contributed by atoms with E-state index in [-0.39, 0.29) is 0 Å². The van der Waals surface area contributed by atoms with Crippen LogP contribution in [0.4, 0.5) is 0 Å². The van der Waals surface area contributed by atoms with Crippen molar-refractivity contribution in [1.29, 1.82) is 0 Å². The zero-order valence-corrected chi connectivity index (χ0v) is 10.1. The Kier molecular flexibility index (Phi) is 3.62. The van der Waals surface area contributed by atoms with Gasteiger partial charge in [-0.3, -0.25) is 0 Å². The van der Waals surface area contributed by atoms with Gasteiger partial charge in [0.15, 0.2) is 0 Å². The molecule has 0 aliphatic carbocycles. The van der Waals surface area contributed by atoms with E-state index in [4.69, 9.17) is 11.6 Å². The van der Waals surface area contributed by atoms with E-state index in [0.29, 0.717) is 11.9 Å². The number of hydrogen-bond donors (Lipinski definition) is 0. The first-order chi connectivity index (χ1) is 7.81. The number of imidazole rings is 1. The number of rotatable bonds is 4. The Hall–Kier alpha value is -1.28. The molecule has 2 nitrogen and oxygen atoms in total. The molecule has 0 bridgehead atoms. The maximum atomic E-state index is 5.86.